The molecule has 3 nitrogen and oxygen atoms in total. The van der Waals surface area contributed by atoms with Crippen LogP contribution in [0.1, 0.15) is 36.0 Å². The van der Waals surface area contributed by atoms with Crippen LogP contribution in [0.25, 0.3) is 0 Å². The van der Waals surface area contributed by atoms with Crippen LogP contribution in [0.3, 0.4) is 0 Å². The van der Waals surface area contributed by atoms with Crippen LogP contribution in [-0.2, 0) is 6.30 Å². The Morgan fingerprint density at radius 3 is 2.60 bits per heavy atom. The van der Waals surface area contributed by atoms with Crippen molar-refractivity contribution in [2.45, 2.75) is 25.6 Å². The summed E-state index contributed by atoms with van der Waals surface area (Å²) in [4.78, 5) is 0. The average Bonchev–Trinajstić information content (AvgIpc) is 2.90. The van der Waals surface area contributed by atoms with Crippen molar-refractivity contribution in [3.05, 3.63) is 53.3 Å². The van der Waals surface area contributed by atoms with Crippen molar-refractivity contribution in [2.24, 2.45) is 0 Å². The van der Waals surface area contributed by atoms with E-state index in [0.29, 0.717) is 17.5 Å². The molecule has 0 unspecified atom stereocenters. The Morgan fingerprint density at radius 1 is 1.35 bits per heavy atom. The van der Waals surface area contributed by atoms with Crippen molar-refractivity contribution in [3.8, 4) is 6.07 Å². The molecule has 0 saturated heterocycles. The van der Waals surface area contributed by atoms with Crippen LogP contribution in [0, 0.1) is 11.3 Å². The van der Waals surface area contributed by atoms with Crippen molar-refractivity contribution in [3.63, 3.8) is 0 Å². The third kappa shape index (κ3) is 2.67. The van der Waals surface area contributed by atoms with Gasteiger partial charge in [0.2, 0.25) is 0 Å². The molecular weight excluding hydrogens is 267 g/mol. The number of halogens is 3. The zero-order chi connectivity index (χ0) is 14.8. The predicted molar refractivity (Wildman–Crippen MR) is 66.8 cm³/mol. The van der Waals surface area contributed by atoms with Gasteiger partial charge >= 0.3 is 6.30 Å². The molecule has 1 heterocycles. The average molecular weight is 279 g/mol. The van der Waals surface area contributed by atoms with E-state index in [0.717, 1.165) is 11.8 Å². The van der Waals surface area contributed by atoms with E-state index >= 15 is 0 Å². The normalized spacial score (nSPS) is 12.9. The van der Waals surface area contributed by atoms with Crippen molar-refractivity contribution in [2.75, 3.05) is 0 Å². The molecular formula is C14H12F3N3. The van der Waals surface area contributed by atoms with Gasteiger partial charge in [-0.3, -0.25) is 0 Å². The van der Waals surface area contributed by atoms with Gasteiger partial charge in [-0.1, -0.05) is 25.1 Å². The second-order valence-electron chi connectivity index (χ2n) is 4.35. The van der Waals surface area contributed by atoms with E-state index in [4.69, 9.17) is 5.26 Å². The van der Waals surface area contributed by atoms with Crippen molar-refractivity contribution < 1.29 is 13.2 Å². The van der Waals surface area contributed by atoms with Crippen molar-refractivity contribution in [1.29, 1.82) is 5.26 Å². The Hall–Kier alpha value is -2.29. The van der Waals surface area contributed by atoms with Gasteiger partial charge in [0, 0.05) is 12.1 Å². The summed E-state index contributed by atoms with van der Waals surface area (Å²) in [7, 11) is 0. The molecule has 1 atom stereocenters. The predicted octanol–water partition coefficient (Wildman–Crippen LogP) is 3.77. The molecule has 0 fully saturated rings. The van der Waals surface area contributed by atoms with Gasteiger partial charge in [-0.05, 0) is 23.6 Å². The van der Waals surface area contributed by atoms with Crippen molar-refractivity contribution >= 4 is 0 Å². The summed E-state index contributed by atoms with van der Waals surface area (Å²) in [6.45, 7) is 1.86. The summed E-state index contributed by atoms with van der Waals surface area (Å²) in [6.07, 6.45) is -1.76. The first-order valence-corrected chi connectivity index (χ1v) is 6.08. The SMILES string of the molecule is CC[C@@H](c1cnn(C(F)(F)F)c1)c1ccccc1C#N. The molecule has 104 valence electrons. The monoisotopic (exact) mass is 279 g/mol. The van der Waals surface area contributed by atoms with Gasteiger partial charge in [-0.15, -0.1) is 13.2 Å². The van der Waals surface area contributed by atoms with Crippen LogP contribution >= 0.6 is 0 Å². The first kappa shape index (κ1) is 14.1. The Bertz CT molecular complexity index is 638. The maximum Gasteiger partial charge on any atom is 0.504 e. The highest BCUT2D eigenvalue weighted by Crippen LogP contribution is 2.31. The lowest BCUT2D eigenvalue weighted by molar-refractivity contribution is -0.212. The summed E-state index contributed by atoms with van der Waals surface area (Å²) in [5, 5.41) is 12.4. The highest BCUT2D eigenvalue weighted by molar-refractivity contribution is 5.43. The Morgan fingerprint density at radius 2 is 2.05 bits per heavy atom. The largest absolute Gasteiger partial charge is 0.504 e. The van der Waals surface area contributed by atoms with Gasteiger partial charge in [0.15, 0.2) is 0 Å². The minimum absolute atomic E-state index is 0.0139. The van der Waals surface area contributed by atoms with Crippen LogP contribution in [0.15, 0.2) is 36.7 Å². The van der Waals surface area contributed by atoms with Crippen molar-refractivity contribution in [1.82, 2.24) is 9.78 Å². The molecule has 2 aromatic rings. The van der Waals surface area contributed by atoms with Gasteiger partial charge in [0.1, 0.15) is 0 Å². The van der Waals surface area contributed by atoms with E-state index < -0.39 is 6.30 Å². The number of hydrogen-bond donors (Lipinski definition) is 0. The number of benzene rings is 1. The van der Waals surface area contributed by atoms with Crippen LogP contribution in [-0.4, -0.2) is 9.78 Å². The van der Waals surface area contributed by atoms with Gasteiger partial charge in [0.25, 0.3) is 0 Å². The summed E-state index contributed by atoms with van der Waals surface area (Å²) in [6, 6.07) is 8.99. The Kier molecular flexibility index (Phi) is 3.79. The number of hydrogen-bond acceptors (Lipinski definition) is 2. The third-order valence-corrected chi connectivity index (χ3v) is 3.13. The molecule has 0 N–H and O–H groups in total. The van der Waals surface area contributed by atoms with Gasteiger partial charge in [-0.25, -0.2) is 0 Å². The zero-order valence-electron chi connectivity index (χ0n) is 10.7. The molecule has 0 aliphatic heterocycles. The van der Waals surface area contributed by atoms with Crippen LogP contribution in [0.4, 0.5) is 13.2 Å². The first-order chi connectivity index (χ1) is 9.47. The fraction of sp³-hybridized carbons (Fsp3) is 0.286. The van der Waals surface area contributed by atoms with Crippen LogP contribution in [0.2, 0.25) is 0 Å². The van der Waals surface area contributed by atoms with Crippen LogP contribution < -0.4 is 0 Å². The molecule has 0 radical (unpaired) electrons. The number of alkyl halides is 3. The number of nitriles is 1. The number of rotatable bonds is 3. The molecule has 6 heteroatoms. The summed E-state index contributed by atoms with van der Waals surface area (Å²) < 4.78 is 37.7. The lowest BCUT2D eigenvalue weighted by Gasteiger charge is -2.15. The minimum atomic E-state index is -4.52. The maximum absolute atomic E-state index is 12.6. The van der Waals surface area contributed by atoms with E-state index in [1.807, 2.05) is 6.92 Å². The van der Waals surface area contributed by atoms with E-state index in [2.05, 4.69) is 11.2 Å². The van der Waals surface area contributed by atoms with Gasteiger partial charge < -0.3 is 0 Å². The molecule has 0 aliphatic rings. The second-order valence-corrected chi connectivity index (χ2v) is 4.35. The summed E-state index contributed by atoms with van der Waals surface area (Å²) in [5.41, 5.74) is 1.64. The number of aromatic nitrogens is 2. The quantitative estimate of drug-likeness (QED) is 0.858. The molecule has 2 rings (SSSR count). The molecule has 20 heavy (non-hydrogen) atoms. The molecule has 0 spiro atoms. The van der Waals surface area contributed by atoms with Gasteiger partial charge in [-0.2, -0.15) is 15.0 Å². The van der Waals surface area contributed by atoms with E-state index in [-0.39, 0.29) is 10.6 Å². The zero-order valence-corrected chi connectivity index (χ0v) is 10.7. The maximum atomic E-state index is 12.6. The summed E-state index contributed by atoms with van der Waals surface area (Å²) in [5.74, 6) is -0.276. The fourth-order valence-corrected chi connectivity index (χ4v) is 2.19. The van der Waals surface area contributed by atoms with E-state index in [1.165, 1.54) is 6.20 Å². The topological polar surface area (TPSA) is 41.6 Å². The van der Waals surface area contributed by atoms with E-state index in [9.17, 15) is 13.2 Å². The molecule has 0 amide bonds. The lowest BCUT2D eigenvalue weighted by atomic mass is 9.88. The molecule has 1 aromatic carbocycles. The lowest BCUT2D eigenvalue weighted by Crippen LogP contribution is -2.16. The highest BCUT2D eigenvalue weighted by Gasteiger charge is 2.32. The molecule has 0 bridgehead atoms. The van der Waals surface area contributed by atoms with E-state index in [1.54, 1.807) is 24.3 Å². The highest BCUT2D eigenvalue weighted by atomic mass is 19.4. The first-order valence-electron chi connectivity index (χ1n) is 6.08. The second kappa shape index (κ2) is 5.37. The fourth-order valence-electron chi connectivity index (χ4n) is 2.19. The Balaban J connectivity index is 2.43. The molecule has 1 aromatic heterocycles. The van der Waals surface area contributed by atoms with Crippen LogP contribution in [0.5, 0.6) is 0 Å². The summed E-state index contributed by atoms with van der Waals surface area (Å²) >= 11 is 0. The van der Waals surface area contributed by atoms with Gasteiger partial charge in [0.05, 0.1) is 17.8 Å². The smallest absolute Gasteiger partial charge is 0.192 e. The standard InChI is InChI=1S/C14H12F3N3/c1-2-12(13-6-4-3-5-10(13)7-18)11-8-19-20(9-11)14(15,16)17/h3-6,8-9,12H,2H2,1H3/t12-/m0/s1. The Labute approximate surface area is 114 Å². The minimum Gasteiger partial charge on any atom is -0.192 e. The molecule has 0 saturated carbocycles. The molecule has 0 aliphatic carbocycles. The number of nitrogens with zero attached hydrogens (tertiary/aromatic N) is 3. The third-order valence-electron chi connectivity index (χ3n) is 3.13.